The standard InChI is InChI=1S/C17H17BrN2/c1-13(14-5-3-2-4-6-14)9-10-20-16-8-7-15(12-19)17(18)11-16/h2-8,11,13,20H,9-10H2,1H3. The normalized spacial score (nSPS) is 11.7. The fourth-order valence-electron chi connectivity index (χ4n) is 2.10. The van der Waals surface area contributed by atoms with Gasteiger partial charge in [0.05, 0.1) is 5.56 Å². The zero-order valence-corrected chi connectivity index (χ0v) is 13.0. The lowest BCUT2D eigenvalue weighted by atomic mass is 9.98. The van der Waals surface area contributed by atoms with E-state index in [2.05, 4.69) is 58.5 Å². The number of hydrogen-bond donors (Lipinski definition) is 1. The Morgan fingerprint density at radius 3 is 2.60 bits per heavy atom. The first-order chi connectivity index (χ1) is 9.70. The van der Waals surface area contributed by atoms with Crippen molar-refractivity contribution < 1.29 is 0 Å². The number of nitrogens with zero attached hydrogens (tertiary/aromatic N) is 1. The lowest BCUT2D eigenvalue weighted by Gasteiger charge is -2.13. The summed E-state index contributed by atoms with van der Waals surface area (Å²) < 4.78 is 0.834. The van der Waals surface area contributed by atoms with E-state index in [0.29, 0.717) is 11.5 Å². The number of nitrogens with one attached hydrogen (secondary N) is 1. The quantitative estimate of drug-likeness (QED) is 0.844. The molecule has 1 atom stereocenters. The first-order valence-electron chi connectivity index (χ1n) is 6.69. The van der Waals surface area contributed by atoms with Crippen LogP contribution < -0.4 is 5.32 Å². The molecule has 0 amide bonds. The third kappa shape index (κ3) is 3.85. The molecule has 0 aliphatic rings. The Balaban J connectivity index is 1.87. The second-order valence-corrected chi connectivity index (χ2v) is 5.69. The average molecular weight is 329 g/mol. The van der Waals surface area contributed by atoms with Crippen molar-refractivity contribution in [3.8, 4) is 6.07 Å². The van der Waals surface area contributed by atoms with Crippen molar-refractivity contribution in [2.45, 2.75) is 19.3 Å². The van der Waals surface area contributed by atoms with Gasteiger partial charge in [0.25, 0.3) is 0 Å². The van der Waals surface area contributed by atoms with E-state index in [1.165, 1.54) is 5.56 Å². The van der Waals surface area contributed by atoms with Crippen LogP contribution >= 0.6 is 15.9 Å². The van der Waals surface area contributed by atoms with Crippen molar-refractivity contribution in [2.75, 3.05) is 11.9 Å². The minimum atomic E-state index is 0.533. The van der Waals surface area contributed by atoms with Gasteiger partial charge in [-0.1, -0.05) is 37.3 Å². The molecule has 1 unspecified atom stereocenters. The van der Waals surface area contributed by atoms with Crippen LogP contribution in [0.25, 0.3) is 0 Å². The monoisotopic (exact) mass is 328 g/mol. The van der Waals surface area contributed by atoms with Crippen molar-refractivity contribution >= 4 is 21.6 Å². The van der Waals surface area contributed by atoms with E-state index in [-0.39, 0.29) is 0 Å². The number of anilines is 1. The topological polar surface area (TPSA) is 35.8 Å². The van der Waals surface area contributed by atoms with Gasteiger partial charge in [-0.2, -0.15) is 5.26 Å². The van der Waals surface area contributed by atoms with Crippen LogP contribution in [-0.2, 0) is 0 Å². The molecular weight excluding hydrogens is 312 g/mol. The second kappa shape index (κ2) is 7.12. The summed E-state index contributed by atoms with van der Waals surface area (Å²) in [4.78, 5) is 0. The molecule has 0 bridgehead atoms. The van der Waals surface area contributed by atoms with E-state index in [1.54, 1.807) is 0 Å². The molecule has 3 heteroatoms. The molecule has 102 valence electrons. The summed E-state index contributed by atoms with van der Waals surface area (Å²) in [6, 6.07) is 18.4. The summed E-state index contributed by atoms with van der Waals surface area (Å²) in [7, 11) is 0. The molecule has 0 aliphatic carbocycles. The molecule has 0 fully saturated rings. The largest absolute Gasteiger partial charge is 0.385 e. The van der Waals surface area contributed by atoms with Gasteiger partial charge in [0.1, 0.15) is 6.07 Å². The van der Waals surface area contributed by atoms with Gasteiger partial charge in [-0.05, 0) is 52.0 Å². The molecule has 2 aromatic rings. The van der Waals surface area contributed by atoms with Crippen LogP contribution in [0.5, 0.6) is 0 Å². The van der Waals surface area contributed by atoms with E-state index >= 15 is 0 Å². The van der Waals surface area contributed by atoms with Crippen molar-refractivity contribution in [2.24, 2.45) is 0 Å². The van der Waals surface area contributed by atoms with Crippen molar-refractivity contribution in [3.63, 3.8) is 0 Å². The summed E-state index contributed by atoms with van der Waals surface area (Å²) in [5, 5.41) is 12.3. The van der Waals surface area contributed by atoms with E-state index in [9.17, 15) is 0 Å². The Morgan fingerprint density at radius 1 is 1.20 bits per heavy atom. The third-order valence-corrected chi connectivity index (χ3v) is 4.02. The highest BCUT2D eigenvalue weighted by molar-refractivity contribution is 9.10. The van der Waals surface area contributed by atoms with E-state index < -0.39 is 0 Å². The number of halogens is 1. The highest BCUT2D eigenvalue weighted by Gasteiger charge is 2.05. The van der Waals surface area contributed by atoms with Crippen molar-refractivity contribution in [1.29, 1.82) is 5.26 Å². The second-order valence-electron chi connectivity index (χ2n) is 4.83. The molecular formula is C17H17BrN2. The van der Waals surface area contributed by atoms with Crippen LogP contribution in [0.3, 0.4) is 0 Å². The molecule has 0 heterocycles. The Bertz CT molecular complexity index is 602. The molecule has 0 radical (unpaired) electrons. The molecule has 2 aromatic carbocycles. The van der Waals surface area contributed by atoms with Crippen molar-refractivity contribution in [1.82, 2.24) is 0 Å². The number of rotatable bonds is 5. The molecule has 0 saturated carbocycles. The predicted octanol–water partition coefficient (Wildman–Crippen LogP) is 4.93. The van der Waals surface area contributed by atoms with Gasteiger partial charge in [-0.15, -0.1) is 0 Å². The van der Waals surface area contributed by atoms with Gasteiger partial charge in [0, 0.05) is 16.7 Å². The molecule has 0 saturated heterocycles. The molecule has 1 N–H and O–H groups in total. The fourth-order valence-corrected chi connectivity index (χ4v) is 2.56. The predicted molar refractivity (Wildman–Crippen MR) is 86.8 cm³/mol. The molecule has 20 heavy (non-hydrogen) atoms. The maximum Gasteiger partial charge on any atom is 0.100 e. The van der Waals surface area contributed by atoms with Gasteiger partial charge in [0.2, 0.25) is 0 Å². The van der Waals surface area contributed by atoms with E-state index in [1.807, 2.05) is 24.3 Å². The SMILES string of the molecule is CC(CCNc1ccc(C#N)c(Br)c1)c1ccccc1. The number of nitriles is 1. The van der Waals surface area contributed by atoms with Gasteiger partial charge >= 0.3 is 0 Å². The van der Waals surface area contributed by atoms with Crippen LogP contribution in [-0.4, -0.2) is 6.54 Å². The maximum atomic E-state index is 8.88. The van der Waals surface area contributed by atoms with E-state index in [0.717, 1.165) is 23.1 Å². The number of benzene rings is 2. The highest BCUT2D eigenvalue weighted by atomic mass is 79.9. The van der Waals surface area contributed by atoms with Crippen LogP contribution in [0.15, 0.2) is 53.0 Å². The number of hydrogen-bond acceptors (Lipinski definition) is 2. The summed E-state index contributed by atoms with van der Waals surface area (Å²) in [5.41, 5.74) is 3.07. The Morgan fingerprint density at radius 2 is 1.95 bits per heavy atom. The third-order valence-electron chi connectivity index (χ3n) is 3.36. The zero-order valence-electron chi connectivity index (χ0n) is 11.4. The van der Waals surface area contributed by atoms with Crippen LogP contribution in [0, 0.1) is 11.3 Å². The maximum absolute atomic E-state index is 8.88. The lowest BCUT2D eigenvalue weighted by Crippen LogP contribution is -2.06. The minimum Gasteiger partial charge on any atom is -0.385 e. The minimum absolute atomic E-state index is 0.533. The fraction of sp³-hybridized carbons (Fsp3) is 0.235. The van der Waals surface area contributed by atoms with Crippen molar-refractivity contribution in [3.05, 3.63) is 64.1 Å². The summed E-state index contributed by atoms with van der Waals surface area (Å²) in [6.07, 6.45) is 1.07. The smallest absolute Gasteiger partial charge is 0.100 e. The Labute approximate surface area is 128 Å². The van der Waals surface area contributed by atoms with E-state index in [4.69, 9.17) is 5.26 Å². The van der Waals surface area contributed by atoms with Gasteiger partial charge in [-0.25, -0.2) is 0 Å². The summed E-state index contributed by atoms with van der Waals surface area (Å²) >= 11 is 3.40. The van der Waals surface area contributed by atoms with Gasteiger partial charge in [0.15, 0.2) is 0 Å². The molecule has 0 aromatic heterocycles. The molecule has 2 rings (SSSR count). The summed E-state index contributed by atoms with van der Waals surface area (Å²) in [6.45, 7) is 3.15. The first-order valence-corrected chi connectivity index (χ1v) is 7.48. The van der Waals surface area contributed by atoms with Crippen LogP contribution in [0.2, 0.25) is 0 Å². The highest BCUT2D eigenvalue weighted by Crippen LogP contribution is 2.22. The zero-order chi connectivity index (χ0) is 14.4. The average Bonchev–Trinajstić information content (AvgIpc) is 2.48. The Kier molecular flexibility index (Phi) is 5.20. The molecule has 0 spiro atoms. The first kappa shape index (κ1) is 14.6. The van der Waals surface area contributed by atoms with Crippen LogP contribution in [0.1, 0.15) is 30.4 Å². The summed E-state index contributed by atoms with van der Waals surface area (Å²) in [5.74, 6) is 0.533. The molecule has 0 aliphatic heterocycles. The van der Waals surface area contributed by atoms with Gasteiger partial charge < -0.3 is 5.32 Å². The lowest BCUT2D eigenvalue weighted by molar-refractivity contribution is 0.706. The Hall–Kier alpha value is -1.79. The van der Waals surface area contributed by atoms with Gasteiger partial charge in [-0.3, -0.25) is 0 Å². The van der Waals surface area contributed by atoms with Crippen LogP contribution in [0.4, 0.5) is 5.69 Å². The molecule has 2 nitrogen and oxygen atoms in total.